The van der Waals surface area contributed by atoms with Crippen LogP contribution in [0.5, 0.6) is 0 Å². The van der Waals surface area contributed by atoms with Gasteiger partial charge in [0.15, 0.2) is 0 Å². The summed E-state index contributed by atoms with van der Waals surface area (Å²) in [6.07, 6.45) is 17.3. The van der Waals surface area contributed by atoms with Gasteiger partial charge in [0.1, 0.15) is 51.7 Å². The van der Waals surface area contributed by atoms with Gasteiger partial charge in [-0.15, -0.1) is 22.5 Å². The molecule has 4 heterocycles. The molecule has 226 valence electrons. The number of carbonyl (C=O) groups is 2. The number of nitrogens with zero attached hydrogens (tertiary/aromatic N) is 6. The first-order valence-corrected chi connectivity index (χ1v) is 16.1. The highest BCUT2D eigenvalue weighted by Gasteiger charge is 2.41. The van der Waals surface area contributed by atoms with Crippen LogP contribution in [0.1, 0.15) is 74.1 Å². The summed E-state index contributed by atoms with van der Waals surface area (Å²) >= 11 is 2.40. The first kappa shape index (κ1) is 31.9. The summed E-state index contributed by atoms with van der Waals surface area (Å²) < 4.78 is 18.0. The number of carbonyl (C=O) groups excluding carboxylic acids is 2. The van der Waals surface area contributed by atoms with Crippen LogP contribution < -0.4 is 0 Å². The lowest BCUT2D eigenvalue weighted by atomic mass is 10.0. The molecule has 2 atom stereocenters. The first-order valence-electron chi connectivity index (χ1n) is 14.7. The Bertz CT molecular complexity index is 1230. The molecule has 10 nitrogen and oxygen atoms in total. The molecular formula is C30H42N6O4S2+2. The lowest BCUT2D eigenvalue weighted by Gasteiger charge is -2.35. The Morgan fingerprint density at radius 2 is 1.19 bits per heavy atom. The summed E-state index contributed by atoms with van der Waals surface area (Å²) in [6.45, 7) is 9.50. The molecule has 0 aromatic carbocycles. The van der Waals surface area contributed by atoms with Crippen molar-refractivity contribution in [3.8, 4) is 0 Å². The van der Waals surface area contributed by atoms with Crippen molar-refractivity contribution in [3.63, 3.8) is 0 Å². The van der Waals surface area contributed by atoms with E-state index < -0.39 is 11.9 Å². The first-order chi connectivity index (χ1) is 20.3. The molecule has 0 spiro atoms. The van der Waals surface area contributed by atoms with Gasteiger partial charge >= 0.3 is 11.9 Å². The minimum Gasteiger partial charge on any atom is -0.263 e. The van der Waals surface area contributed by atoms with Crippen LogP contribution in [0.2, 0.25) is 0 Å². The van der Waals surface area contributed by atoms with Crippen LogP contribution in [0.25, 0.3) is 11.1 Å². The fraction of sp³-hybridized carbons (Fsp3) is 0.533. The largest absolute Gasteiger partial charge is 0.480 e. The molecule has 0 fully saturated rings. The van der Waals surface area contributed by atoms with Crippen molar-refractivity contribution in [1.82, 2.24) is 17.5 Å². The molecule has 2 unspecified atom stereocenters. The third-order valence-electron chi connectivity index (χ3n) is 7.63. The van der Waals surface area contributed by atoms with Gasteiger partial charge in [0.05, 0.1) is 34.8 Å². The van der Waals surface area contributed by atoms with Crippen LogP contribution >= 0.6 is 23.5 Å². The number of rotatable bonds is 14. The topological polar surface area (TPSA) is 104 Å². The van der Waals surface area contributed by atoms with Gasteiger partial charge in [0, 0.05) is 24.0 Å². The van der Waals surface area contributed by atoms with E-state index in [2.05, 4.69) is 42.8 Å². The van der Waals surface area contributed by atoms with Crippen molar-refractivity contribution < 1.29 is 28.6 Å². The van der Waals surface area contributed by atoms with Crippen molar-refractivity contribution in [2.45, 2.75) is 64.2 Å². The Morgan fingerprint density at radius 3 is 1.60 bits per heavy atom. The monoisotopic (exact) mass is 614 g/mol. The number of unbranched alkanes of at least 4 members (excludes halogenated alkanes) is 4. The molecule has 0 bridgehead atoms. The Labute approximate surface area is 256 Å². The second-order valence-electron chi connectivity index (χ2n) is 11.3. The van der Waals surface area contributed by atoms with Crippen molar-refractivity contribution in [1.29, 1.82) is 0 Å². The fourth-order valence-corrected chi connectivity index (χ4v) is 6.64. The average molecular weight is 615 g/mol. The second-order valence-corrected chi connectivity index (χ2v) is 12.4. The van der Waals surface area contributed by atoms with E-state index >= 15 is 0 Å². The number of allylic oxidation sites excluding steroid dienone is 2. The fourth-order valence-electron chi connectivity index (χ4n) is 5.40. The molecule has 0 aliphatic carbocycles. The SMILES string of the molecule is C=CCCCCc1nsnc1C1=CCC[N+](C)(OC(=O)C(=O)O[N+]2(C)CCC=C(c3nsnc3CCCCC=C)C2)C1. The van der Waals surface area contributed by atoms with Crippen LogP contribution in [0, 0.1) is 0 Å². The zero-order valence-corrected chi connectivity index (χ0v) is 26.4. The van der Waals surface area contributed by atoms with Crippen molar-refractivity contribution in [2.75, 3.05) is 40.3 Å². The Balaban J connectivity index is 1.33. The molecule has 2 aromatic heterocycles. The molecule has 0 N–H and O–H groups in total. The zero-order valence-electron chi connectivity index (χ0n) is 24.8. The molecule has 2 aromatic rings. The molecule has 0 radical (unpaired) electrons. The maximum atomic E-state index is 13.0. The lowest BCUT2D eigenvalue weighted by Crippen LogP contribution is -2.53. The summed E-state index contributed by atoms with van der Waals surface area (Å²) in [5.74, 6) is -1.98. The van der Waals surface area contributed by atoms with E-state index in [1.165, 1.54) is 23.5 Å². The zero-order chi connectivity index (χ0) is 30.0. The maximum Gasteiger partial charge on any atom is 0.480 e. The third kappa shape index (κ3) is 8.50. The molecule has 42 heavy (non-hydrogen) atoms. The van der Waals surface area contributed by atoms with Crippen molar-refractivity contribution in [3.05, 3.63) is 60.2 Å². The molecule has 0 amide bonds. The van der Waals surface area contributed by atoms with Gasteiger partial charge in [-0.05, 0) is 51.4 Å². The number of quaternary nitrogens is 2. The minimum absolute atomic E-state index is 0.0538. The summed E-state index contributed by atoms with van der Waals surface area (Å²) in [6, 6.07) is 0. The van der Waals surface area contributed by atoms with Crippen LogP contribution in [0.4, 0.5) is 0 Å². The Hall–Kier alpha value is -3.06. The van der Waals surface area contributed by atoms with Gasteiger partial charge in [0.2, 0.25) is 0 Å². The summed E-state index contributed by atoms with van der Waals surface area (Å²) in [5.41, 5.74) is 5.64. The Morgan fingerprint density at radius 1 is 0.762 bits per heavy atom. The summed E-state index contributed by atoms with van der Waals surface area (Å²) in [4.78, 5) is 37.6. The number of hydroxylamine groups is 6. The smallest absolute Gasteiger partial charge is 0.263 e. The van der Waals surface area contributed by atoms with Gasteiger partial charge in [0.25, 0.3) is 0 Å². The second kappa shape index (κ2) is 14.9. The number of hydrogen-bond donors (Lipinski definition) is 0. The van der Waals surface area contributed by atoms with E-state index in [1.54, 1.807) is 0 Å². The maximum absolute atomic E-state index is 13.0. The van der Waals surface area contributed by atoms with Crippen LogP contribution in [-0.2, 0) is 32.1 Å². The number of hydrogen-bond acceptors (Lipinski definition) is 10. The number of likely N-dealkylation sites (N-methyl/N-ethyl adjacent to an activating group) is 2. The molecule has 0 saturated heterocycles. The highest BCUT2D eigenvalue weighted by molar-refractivity contribution is 6.99. The van der Waals surface area contributed by atoms with Crippen LogP contribution in [0.3, 0.4) is 0 Å². The lowest BCUT2D eigenvalue weighted by molar-refractivity contribution is -1.07. The van der Waals surface area contributed by atoms with Gasteiger partial charge < -0.3 is 0 Å². The highest BCUT2D eigenvalue weighted by atomic mass is 32.1. The van der Waals surface area contributed by atoms with Gasteiger partial charge in [-0.2, -0.15) is 17.5 Å². The minimum atomic E-state index is -0.992. The van der Waals surface area contributed by atoms with Gasteiger partial charge in [-0.1, -0.05) is 24.3 Å². The summed E-state index contributed by atoms with van der Waals surface area (Å²) in [5, 5.41) is 0. The predicted octanol–water partition coefficient (Wildman–Crippen LogP) is 5.27. The molecular weight excluding hydrogens is 573 g/mol. The van der Waals surface area contributed by atoms with E-state index in [0.29, 0.717) is 39.0 Å². The average Bonchev–Trinajstić information content (AvgIpc) is 3.63. The quantitative estimate of drug-likeness (QED) is 0.123. The standard InChI is InChI=1S/C30H42N6O4S2/c1-5-7-9-11-17-25-27(33-41-31-25)23-15-13-19-35(3,21-23)39-29(37)30(38)40-36(4)20-14-16-24(22-36)28-26(32-42-34-28)18-12-10-8-6-2/h5-6,15-16H,1-2,7-14,17-22H2,3-4H3/q+2. The predicted molar refractivity (Wildman–Crippen MR) is 165 cm³/mol. The molecule has 12 heteroatoms. The van der Waals surface area contributed by atoms with E-state index in [0.717, 1.165) is 85.3 Å². The van der Waals surface area contributed by atoms with E-state index in [9.17, 15) is 9.59 Å². The normalized spacial score (nSPS) is 22.1. The number of aryl methyl sites for hydroxylation is 2. The van der Waals surface area contributed by atoms with Crippen LogP contribution in [-0.4, -0.2) is 79.0 Å². The molecule has 4 rings (SSSR count). The molecule has 2 aliphatic heterocycles. The van der Waals surface area contributed by atoms with E-state index in [-0.39, 0.29) is 9.29 Å². The van der Waals surface area contributed by atoms with Crippen molar-refractivity contribution >= 4 is 46.5 Å². The van der Waals surface area contributed by atoms with Crippen LogP contribution in [0.15, 0.2) is 37.5 Å². The highest BCUT2D eigenvalue weighted by Crippen LogP contribution is 2.29. The van der Waals surface area contributed by atoms with Gasteiger partial charge in [-0.3, -0.25) is 9.68 Å². The van der Waals surface area contributed by atoms with Gasteiger partial charge in [-0.25, -0.2) is 9.59 Å². The number of aromatic nitrogens is 4. The van der Waals surface area contributed by atoms with Crippen molar-refractivity contribution in [2.24, 2.45) is 0 Å². The molecule has 0 saturated carbocycles. The third-order valence-corrected chi connectivity index (χ3v) is 8.77. The summed E-state index contributed by atoms with van der Waals surface area (Å²) in [7, 11) is 3.62. The Kier molecular flexibility index (Phi) is 11.3. The van der Waals surface area contributed by atoms with E-state index in [4.69, 9.17) is 9.68 Å². The molecule has 2 aliphatic rings. The van der Waals surface area contributed by atoms with E-state index in [1.807, 2.05) is 26.2 Å².